The van der Waals surface area contributed by atoms with Gasteiger partial charge in [0.15, 0.2) is 6.29 Å². The number of hydrogen-bond donors (Lipinski definition) is 0. The van der Waals surface area contributed by atoms with E-state index in [1.54, 1.807) is 30.6 Å². The molecule has 0 spiro atoms. The van der Waals surface area contributed by atoms with Crippen molar-refractivity contribution in [2.24, 2.45) is 0 Å². The van der Waals surface area contributed by atoms with Crippen LogP contribution in [-0.4, -0.2) is 16.3 Å². The van der Waals surface area contributed by atoms with Crippen molar-refractivity contribution in [3.8, 4) is 11.3 Å². The van der Waals surface area contributed by atoms with Gasteiger partial charge in [-0.2, -0.15) is 0 Å². The van der Waals surface area contributed by atoms with Crippen LogP contribution in [0.5, 0.6) is 0 Å². The highest BCUT2D eigenvalue weighted by Crippen LogP contribution is 2.21. The lowest BCUT2D eigenvalue weighted by molar-refractivity contribution is 0.112. The monoisotopic (exact) mass is 218 g/mol. The summed E-state index contributed by atoms with van der Waals surface area (Å²) in [4.78, 5) is 18.9. The second-order valence-corrected chi connectivity index (χ2v) is 3.38. The summed E-state index contributed by atoms with van der Waals surface area (Å²) in [5, 5.41) is 0.454. The molecular weight excluding hydrogens is 212 g/mol. The molecule has 0 atom stereocenters. The second kappa shape index (κ2) is 4.19. The molecule has 0 fully saturated rings. The SMILES string of the molecule is O=Cc1cc(Cl)cnc1-c1ccncc1. The van der Waals surface area contributed by atoms with Crippen LogP contribution in [-0.2, 0) is 0 Å². The summed E-state index contributed by atoms with van der Waals surface area (Å²) in [7, 11) is 0. The number of halogens is 1. The van der Waals surface area contributed by atoms with E-state index in [4.69, 9.17) is 11.6 Å². The lowest BCUT2D eigenvalue weighted by Crippen LogP contribution is -1.91. The van der Waals surface area contributed by atoms with E-state index in [0.717, 1.165) is 11.8 Å². The van der Waals surface area contributed by atoms with E-state index < -0.39 is 0 Å². The summed E-state index contributed by atoms with van der Waals surface area (Å²) in [6.45, 7) is 0. The number of carbonyl (C=O) groups excluding carboxylic acids is 1. The summed E-state index contributed by atoms with van der Waals surface area (Å²) >= 11 is 5.75. The van der Waals surface area contributed by atoms with Crippen LogP contribution in [0.4, 0.5) is 0 Å². The molecule has 3 nitrogen and oxygen atoms in total. The summed E-state index contributed by atoms with van der Waals surface area (Å²) in [5.74, 6) is 0. The Bertz CT molecular complexity index is 485. The van der Waals surface area contributed by atoms with Crippen LogP contribution in [0.25, 0.3) is 11.3 Å². The molecule has 15 heavy (non-hydrogen) atoms. The van der Waals surface area contributed by atoms with Crippen LogP contribution in [0.2, 0.25) is 5.02 Å². The molecular formula is C11H7ClN2O. The number of aldehydes is 1. The minimum Gasteiger partial charge on any atom is -0.298 e. The molecule has 2 aromatic rings. The van der Waals surface area contributed by atoms with E-state index in [0.29, 0.717) is 16.3 Å². The maximum absolute atomic E-state index is 10.8. The first-order valence-electron chi connectivity index (χ1n) is 4.32. The van der Waals surface area contributed by atoms with Gasteiger partial charge in [0.05, 0.1) is 10.7 Å². The molecule has 0 N–H and O–H groups in total. The van der Waals surface area contributed by atoms with Crippen molar-refractivity contribution >= 4 is 17.9 Å². The van der Waals surface area contributed by atoms with Crippen LogP contribution < -0.4 is 0 Å². The number of rotatable bonds is 2. The minimum atomic E-state index is 0.454. The average molecular weight is 219 g/mol. The normalized spacial score (nSPS) is 9.93. The zero-order valence-electron chi connectivity index (χ0n) is 7.72. The smallest absolute Gasteiger partial charge is 0.152 e. The van der Waals surface area contributed by atoms with Gasteiger partial charge in [-0.3, -0.25) is 14.8 Å². The Labute approximate surface area is 91.8 Å². The maximum atomic E-state index is 10.8. The van der Waals surface area contributed by atoms with Crippen molar-refractivity contribution < 1.29 is 4.79 Å². The quantitative estimate of drug-likeness (QED) is 0.728. The van der Waals surface area contributed by atoms with Crippen molar-refractivity contribution in [2.75, 3.05) is 0 Å². The fourth-order valence-electron chi connectivity index (χ4n) is 1.30. The second-order valence-electron chi connectivity index (χ2n) is 2.95. The topological polar surface area (TPSA) is 42.9 Å². The van der Waals surface area contributed by atoms with Crippen LogP contribution in [0.3, 0.4) is 0 Å². The highest BCUT2D eigenvalue weighted by atomic mass is 35.5. The van der Waals surface area contributed by atoms with Gasteiger partial charge in [0, 0.05) is 29.7 Å². The van der Waals surface area contributed by atoms with Gasteiger partial charge in [0.25, 0.3) is 0 Å². The molecule has 0 saturated heterocycles. The molecule has 2 heterocycles. The molecule has 0 aliphatic rings. The van der Waals surface area contributed by atoms with Crippen molar-refractivity contribution in [2.45, 2.75) is 0 Å². The van der Waals surface area contributed by atoms with Crippen molar-refractivity contribution in [1.29, 1.82) is 0 Å². The predicted molar refractivity (Wildman–Crippen MR) is 57.9 cm³/mol. The fourth-order valence-corrected chi connectivity index (χ4v) is 1.46. The number of aromatic nitrogens is 2. The molecule has 74 valence electrons. The van der Waals surface area contributed by atoms with Gasteiger partial charge in [-0.25, -0.2) is 0 Å². The molecule has 0 saturated carbocycles. The van der Waals surface area contributed by atoms with Crippen molar-refractivity contribution in [3.05, 3.63) is 47.4 Å². The molecule has 0 bridgehead atoms. The van der Waals surface area contributed by atoms with E-state index in [2.05, 4.69) is 9.97 Å². The Morgan fingerprint density at radius 3 is 2.67 bits per heavy atom. The number of nitrogens with zero attached hydrogens (tertiary/aromatic N) is 2. The lowest BCUT2D eigenvalue weighted by Gasteiger charge is -2.03. The third-order valence-electron chi connectivity index (χ3n) is 1.96. The van der Waals surface area contributed by atoms with E-state index in [1.807, 2.05) is 0 Å². The van der Waals surface area contributed by atoms with Gasteiger partial charge in [0.2, 0.25) is 0 Å². The first-order chi connectivity index (χ1) is 7.31. The van der Waals surface area contributed by atoms with E-state index in [1.165, 1.54) is 6.20 Å². The molecule has 0 aromatic carbocycles. The van der Waals surface area contributed by atoms with Gasteiger partial charge in [-0.15, -0.1) is 0 Å². The van der Waals surface area contributed by atoms with Crippen LogP contribution in [0.1, 0.15) is 10.4 Å². The van der Waals surface area contributed by atoms with Crippen LogP contribution in [0, 0.1) is 0 Å². The molecule has 0 amide bonds. The zero-order valence-corrected chi connectivity index (χ0v) is 8.48. The molecule has 0 aliphatic carbocycles. The summed E-state index contributed by atoms with van der Waals surface area (Å²) in [5.41, 5.74) is 1.95. The number of hydrogen-bond acceptors (Lipinski definition) is 3. The van der Waals surface area contributed by atoms with Gasteiger partial charge >= 0.3 is 0 Å². The Morgan fingerprint density at radius 2 is 2.00 bits per heavy atom. The van der Waals surface area contributed by atoms with Gasteiger partial charge in [-0.05, 0) is 18.2 Å². The van der Waals surface area contributed by atoms with E-state index in [9.17, 15) is 4.79 Å². The van der Waals surface area contributed by atoms with Crippen LogP contribution in [0.15, 0.2) is 36.8 Å². The first-order valence-corrected chi connectivity index (χ1v) is 4.70. The summed E-state index contributed by atoms with van der Waals surface area (Å²) < 4.78 is 0. The fraction of sp³-hybridized carbons (Fsp3) is 0. The third-order valence-corrected chi connectivity index (χ3v) is 2.17. The Hall–Kier alpha value is -1.74. The Morgan fingerprint density at radius 1 is 1.27 bits per heavy atom. The van der Waals surface area contributed by atoms with Crippen molar-refractivity contribution in [3.63, 3.8) is 0 Å². The standard InChI is InChI=1S/C11H7ClN2O/c12-10-5-9(7-15)11(14-6-10)8-1-3-13-4-2-8/h1-7H. The van der Waals surface area contributed by atoms with E-state index >= 15 is 0 Å². The van der Waals surface area contributed by atoms with E-state index in [-0.39, 0.29) is 0 Å². The summed E-state index contributed by atoms with van der Waals surface area (Å²) in [6, 6.07) is 5.18. The minimum absolute atomic E-state index is 0.454. The van der Waals surface area contributed by atoms with Crippen LogP contribution >= 0.6 is 11.6 Å². The molecule has 2 aromatic heterocycles. The zero-order chi connectivity index (χ0) is 10.7. The molecule has 0 unspecified atom stereocenters. The van der Waals surface area contributed by atoms with Gasteiger partial charge in [-0.1, -0.05) is 11.6 Å². The third kappa shape index (κ3) is 2.02. The summed E-state index contributed by atoms with van der Waals surface area (Å²) in [6.07, 6.45) is 5.57. The number of carbonyl (C=O) groups is 1. The van der Waals surface area contributed by atoms with Gasteiger partial charge < -0.3 is 0 Å². The molecule has 0 radical (unpaired) electrons. The number of pyridine rings is 2. The van der Waals surface area contributed by atoms with Gasteiger partial charge in [0.1, 0.15) is 0 Å². The maximum Gasteiger partial charge on any atom is 0.152 e. The van der Waals surface area contributed by atoms with Crippen molar-refractivity contribution in [1.82, 2.24) is 9.97 Å². The molecule has 2 rings (SSSR count). The molecule has 4 heteroatoms. The Balaban J connectivity index is 2.58. The average Bonchev–Trinajstić information content (AvgIpc) is 2.30. The molecule has 0 aliphatic heterocycles. The Kier molecular flexibility index (Phi) is 2.74. The first kappa shape index (κ1) is 9.80. The highest BCUT2D eigenvalue weighted by molar-refractivity contribution is 6.30. The highest BCUT2D eigenvalue weighted by Gasteiger charge is 2.06. The lowest BCUT2D eigenvalue weighted by atomic mass is 10.1. The predicted octanol–water partition coefficient (Wildman–Crippen LogP) is 2.61. The largest absolute Gasteiger partial charge is 0.298 e.